The minimum absolute atomic E-state index is 0.260. The van der Waals surface area contributed by atoms with Gasteiger partial charge in [-0.05, 0) is 31.2 Å². The monoisotopic (exact) mass is 385 g/mol. The number of para-hydroxylation sites is 1. The van der Waals surface area contributed by atoms with E-state index < -0.39 is 0 Å². The molecule has 0 saturated carbocycles. The average Bonchev–Trinajstić information content (AvgIpc) is 2.74. The third-order valence-corrected chi connectivity index (χ3v) is 4.29. The summed E-state index contributed by atoms with van der Waals surface area (Å²) in [7, 11) is 1.58. The Kier molecular flexibility index (Phi) is 5.03. The number of aryl methyl sites for hydroxylation is 1. The molecule has 4 rings (SSSR count). The molecule has 0 aliphatic heterocycles. The van der Waals surface area contributed by atoms with E-state index in [1.165, 1.54) is 0 Å². The van der Waals surface area contributed by atoms with Crippen LogP contribution in [-0.2, 0) is 0 Å². The van der Waals surface area contributed by atoms with E-state index in [2.05, 4.69) is 25.6 Å². The van der Waals surface area contributed by atoms with Gasteiger partial charge in [-0.25, -0.2) is 9.97 Å². The molecule has 0 fully saturated rings. The third kappa shape index (κ3) is 4.14. The molecule has 2 N–H and O–H groups in total. The van der Waals surface area contributed by atoms with Crippen LogP contribution in [0.2, 0.25) is 0 Å². The summed E-state index contributed by atoms with van der Waals surface area (Å²) in [5.74, 6) is 1.33. The van der Waals surface area contributed by atoms with Crippen molar-refractivity contribution in [1.82, 2.24) is 15.0 Å². The highest BCUT2D eigenvalue weighted by Crippen LogP contribution is 2.24. The van der Waals surface area contributed by atoms with Crippen LogP contribution in [0.25, 0.3) is 10.9 Å². The number of carbonyl (C=O) groups excluding carboxylic acids is 1. The lowest BCUT2D eigenvalue weighted by atomic mass is 10.2. The highest BCUT2D eigenvalue weighted by Gasteiger charge is 2.12. The van der Waals surface area contributed by atoms with Crippen LogP contribution < -0.4 is 15.4 Å². The van der Waals surface area contributed by atoms with Crippen LogP contribution >= 0.6 is 0 Å². The molecule has 7 heteroatoms. The molecular formula is C22H19N5O2. The van der Waals surface area contributed by atoms with E-state index in [0.29, 0.717) is 23.1 Å². The van der Waals surface area contributed by atoms with Crippen molar-refractivity contribution in [3.8, 4) is 5.75 Å². The molecule has 144 valence electrons. The van der Waals surface area contributed by atoms with E-state index >= 15 is 0 Å². The first-order valence-corrected chi connectivity index (χ1v) is 9.04. The molecule has 0 radical (unpaired) electrons. The molecule has 2 heterocycles. The van der Waals surface area contributed by atoms with Crippen molar-refractivity contribution in [2.45, 2.75) is 6.92 Å². The van der Waals surface area contributed by atoms with Gasteiger partial charge in [0.2, 0.25) is 0 Å². The maximum absolute atomic E-state index is 12.7. The topological polar surface area (TPSA) is 89.0 Å². The van der Waals surface area contributed by atoms with Crippen molar-refractivity contribution in [3.05, 3.63) is 78.4 Å². The molecule has 7 nitrogen and oxygen atoms in total. The molecule has 0 unspecified atom stereocenters. The fourth-order valence-corrected chi connectivity index (χ4v) is 2.99. The molecule has 0 aliphatic rings. The van der Waals surface area contributed by atoms with Crippen LogP contribution in [-0.4, -0.2) is 28.0 Å². The van der Waals surface area contributed by atoms with E-state index in [0.717, 1.165) is 16.6 Å². The number of ether oxygens (including phenoxy) is 1. The zero-order valence-electron chi connectivity index (χ0n) is 16.0. The van der Waals surface area contributed by atoms with E-state index in [9.17, 15) is 4.79 Å². The smallest absolute Gasteiger partial charge is 0.274 e. The largest absolute Gasteiger partial charge is 0.497 e. The summed E-state index contributed by atoms with van der Waals surface area (Å²) in [5.41, 5.74) is 2.52. The van der Waals surface area contributed by atoms with Gasteiger partial charge < -0.3 is 15.4 Å². The number of amides is 1. The number of anilines is 3. The summed E-state index contributed by atoms with van der Waals surface area (Å²) in [6.45, 7) is 1.74. The first-order valence-electron chi connectivity index (χ1n) is 9.04. The second-order valence-corrected chi connectivity index (χ2v) is 6.38. The van der Waals surface area contributed by atoms with Crippen LogP contribution in [0.5, 0.6) is 5.75 Å². The van der Waals surface area contributed by atoms with Crippen molar-refractivity contribution in [1.29, 1.82) is 0 Å². The summed E-state index contributed by atoms with van der Waals surface area (Å²) in [6.07, 6.45) is 1.74. The normalized spacial score (nSPS) is 10.6. The molecule has 0 atom stereocenters. The van der Waals surface area contributed by atoms with Crippen molar-refractivity contribution in [3.63, 3.8) is 0 Å². The zero-order valence-corrected chi connectivity index (χ0v) is 16.0. The van der Waals surface area contributed by atoms with Crippen molar-refractivity contribution in [2.24, 2.45) is 0 Å². The number of benzene rings is 2. The SMILES string of the molecule is COc1cccc(NC(=O)c2cc(Nc3cccc4cccnc34)nc(C)n2)c1. The summed E-state index contributed by atoms with van der Waals surface area (Å²) in [6, 6.07) is 18.5. The summed E-state index contributed by atoms with van der Waals surface area (Å²) < 4.78 is 5.19. The summed E-state index contributed by atoms with van der Waals surface area (Å²) in [5, 5.41) is 7.10. The van der Waals surface area contributed by atoms with Crippen LogP contribution in [0.1, 0.15) is 16.3 Å². The number of methoxy groups -OCH3 is 1. The van der Waals surface area contributed by atoms with Gasteiger partial charge >= 0.3 is 0 Å². The Morgan fingerprint density at radius 1 is 1.00 bits per heavy atom. The summed E-state index contributed by atoms with van der Waals surface area (Å²) >= 11 is 0. The highest BCUT2D eigenvalue weighted by atomic mass is 16.5. The number of rotatable bonds is 5. The number of pyridine rings is 1. The van der Waals surface area contributed by atoms with Crippen LogP contribution in [0.4, 0.5) is 17.2 Å². The van der Waals surface area contributed by atoms with Gasteiger partial charge in [0.15, 0.2) is 0 Å². The van der Waals surface area contributed by atoms with Gasteiger partial charge in [-0.3, -0.25) is 9.78 Å². The molecule has 0 bridgehead atoms. The maximum atomic E-state index is 12.7. The molecule has 0 aliphatic carbocycles. The van der Waals surface area contributed by atoms with Gasteiger partial charge in [-0.1, -0.05) is 24.3 Å². The number of carbonyl (C=O) groups is 1. The number of aromatic nitrogens is 3. The number of nitrogens with zero attached hydrogens (tertiary/aromatic N) is 3. The van der Waals surface area contributed by atoms with Crippen LogP contribution in [0.15, 0.2) is 66.9 Å². The number of fused-ring (bicyclic) bond motifs is 1. The Morgan fingerprint density at radius 2 is 1.83 bits per heavy atom. The van der Waals surface area contributed by atoms with Crippen molar-refractivity contribution in [2.75, 3.05) is 17.7 Å². The molecule has 2 aromatic heterocycles. The van der Waals surface area contributed by atoms with Gasteiger partial charge in [-0.15, -0.1) is 0 Å². The Labute approximate surface area is 167 Å². The first kappa shape index (κ1) is 18.4. The van der Waals surface area contributed by atoms with E-state index in [1.807, 2.05) is 36.4 Å². The fourth-order valence-electron chi connectivity index (χ4n) is 2.99. The predicted octanol–water partition coefficient (Wildman–Crippen LogP) is 4.34. The van der Waals surface area contributed by atoms with E-state index in [-0.39, 0.29) is 11.6 Å². The number of nitrogens with one attached hydrogen (secondary N) is 2. The van der Waals surface area contributed by atoms with E-state index in [1.54, 1.807) is 44.5 Å². The Morgan fingerprint density at radius 3 is 2.69 bits per heavy atom. The Balaban J connectivity index is 1.61. The molecular weight excluding hydrogens is 366 g/mol. The van der Waals surface area contributed by atoms with E-state index in [4.69, 9.17) is 4.74 Å². The van der Waals surface area contributed by atoms with Gasteiger partial charge in [-0.2, -0.15) is 0 Å². The van der Waals surface area contributed by atoms with Crippen molar-refractivity contribution >= 4 is 34.0 Å². The highest BCUT2D eigenvalue weighted by molar-refractivity contribution is 6.03. The first-order chi connectivity index (χ1) is 14.1. The minimum atomic E-state index is -0.331. The molecule has 4 aromatic rings. The standard InChI is InChI=1S/C22H19N5O2/c1-14-24-19(22(28)26-16-8-4-9-17(12-16)29-2)13-20(25-14)27-18-10-3-6-15-7-5-11-23-21(15)18/h3-13H,1-2H3,(H,26,28)(H,24,25,27). The van der Waals surface area contributed by atoms with Gasteiger partial charge in [0, 0.05) is 29.4 Å². The maximum Gasteiger partial charge on any atom is 0.274 e. The quantitative estimate of drug-likeness (QED) is 0.531. The Bertz CT molecular complexity index is 1190. The second-order valence-electron chi connectivity index (χ2n) is 6.38. The summed E-state index contributed by atoms with van der Waals surface area (Å²) in [4.78, 5) is 25.8. The predicted molar refractivity (Wildman–Crippen MR) is 113 cm³/mol. The molecule has 2 aromatic carbocycles. The zero-order chi connectivity index (χ0) is 20.2. The Hall–Kier alpha value is -4.00. The van der Waals surface area contributed by atoms with Crippen LogP contribution in [0.3, 0.4) is 0 Å². The second kappa shape index (κ2) is 7.93. The lowest BCUT2D eigenvalue weighted by molar-refractivity contribution is 0.102. The van der Waals surface area contributed by atoms with Gasteiger partial charge in [0.1, 0.15) is 23.1 Å². The molecule has 0 saturated heterocycles. The van der Waals surface area contributed by atoms with Gasteiger partial charge in [0.05, 0.1) is 18.3 Å². The third-order valence-electron chi connectivity index (χ3n) is 4.29. The lowest BCUT2D eigenvalue weighted by Gasteiger charge is -2.11. The number of hydrogen-bond acceptors (Lipinski definition) is 6. The van der Waals surface area contributed by atoms with Crippen LogP contribution in [0, 0.1) is 6.92 Å². The molecule has 29 heavy (non-hydrogen) atoms. The molecule has 0 spiro atoms. The van der Waals surface area contributed by atoms with Crippen molar-refractivity contribution < 1.29 is 9.53 Å². The van der Waals surface area contributed by atoms with Gasteiger partial charge in [0.25, 0.3) is 5.91 Å². The average molecular weight is 385 g/mol. The number of hydrogen-bond donors (Lipinski definition) is 2. The molecule has 1 amide bonds. The fraction of sp³-hybridized carbons (Fsp3) is 0.0909. The minimum Gasteiger partial charge on any atom is -0.497 e. The lowest BCUT2D eigenvalue weighted by Crippen LogP contribution is -2.15.